The van der Waals surface area contributed by atoms with Crippen molar-refractivity contribution >= 4 is 15.7 Å². The molecule has 20 heavy (non-hydrogen) atoms. The normalized spacial score (nSPS) is 30.9. The molecule has 0 aromatic rings. The second kappa shape index (κ2) is 5.64. The molecule has 2 fully saturated rings. The highest BCUT2D eigenvalue weighted by Crippen LogP contribution is 2.33. The van der Waals surface area contributed by atoms with Gasteiger partial charge in [0.25, 0.3) is 0 Å². The van der Waals surface area contributed by atoms with Crippen molar-refractivity contribution < 1.29 is 13.2 Å². The zero-order valence-electron chi connectivity index (χ0n) is 12.6. The molecule has 0 spiro atoms. The maximum absolute atomic E-state index is 12.2. The van der Waals surface area contributed by atoms with Crippen molar-refractivity contribution in [1.82, 2.24) is 10.6 Å². The van der Waals surface area contributed by atoms with E-state index in [2.05, 4.69) is 10.6 Å². The Labute approximate surface area is 121 Å². The Kier molecular flexibility index (Phi) is 4.44. The number of carbonyl (C=O) groups excluding carboxylic acids is 1. The average Bonchev–Trinajstić information content (AvgIpc) is 2.78. The van der Waals surface area contributed by atoms with E-state index in [-0.39, 0.29) is 18.5 Å². The van der Waals surface area contributed by atoms with Gasteiger partial charge in [-0.3, -0.25) is 4.79 Å². The molecule has 1 aliphatic carbocycles. The molecule has 1 saturated carbocycles. The van der Waals surface area contributed by atoms with Gasteiger partial charge < -0.3 is 10.6 Å². The van der Waals surface area contributed by atoms with Crippen LogP contribution in [-0.4, -0.2) is 44.0 Å². The number of amides is 1. The summed E-state index contributed by atoms with van der Waals surface area (Å²) < 4.78 is 22.3. The molecule has 2 N–H and O–H groups in total. The van der Waals surface area contributed by atoms with Crippen molar-refractivity contribution in [2.75, 3.05) is 12.8 Å². The van der Waals surface area contributed by atoms with Crippen LogP contribution in [0.25, 0.3) is 0 Å². The van der Waals surface area contributed by atoms with E-state index in [0.29, 0.717) is 12.0 Å². The van der Waals surface area contributed by atoms with Crippen LogP contribution in [0.2, 0.25) is 0 Å². The Morgan fingerprint density at radius 2 is 1.95 bits per heavy atom. The molecule has 6 heteroatoms. The van der Waals surface area contributed by atoms with E-state index in [1.165, 1.54) is 25.5 Å². The quantitative estimate of drug-likeness (QED) is 0.807. The van der Waals surface area contributed by atoms with E-state index < -0.39 is 14.6 Å². The van der Waals surface area contributed by atoms with E-state index in [9.17, 15) is 13.2 Å². The third-order valence-corrected chi connectivity index (χ3v) is 7.02. The summed E-state index contributed by atoms with van der Waals surface area (Å²) in [5.74, 6) is 0.554. The summed E-state index contributed by atoms with van der Waals surface area (Å²) in [4.78, 5) is 12.2. The average molecular weight is 302 g/mol. The molecule has 1 aliphatic heterocycles. The number of nitrogens with one attached hydrogen (secondary N) is 2. The highest BCUT2D eigenvalue weighted by molar-refractivity contribution is 7.92. The number of carbonyl (C=O) groups is 1. The molecule has 5 nitrogen and oxygen atoms in total. The molecule has 0 aromatic carbocycles. The first kappa shape index (κ1) is 15.8. The SMILES string of the molecule is CC(C)(CNC(=O)[C@@H]1C[C@@H]2CCCC[C@H]2N1)S(C)(=O)=O. The smallest absolute Gasteiger partial charge is 0.237 e. The van der Waals surface area contributed by atoms with Crippen LogP contribution in [0.3, 0.4) is 0 Å². The van der Waals surface area contributed by atoms with Gasteiger partial charge in [-0.1, -0.05) is 12.8 Å². The lowest BCUT2D eigenvalue weighted by Crippen LogP contribution is -2.49. The van der Waals surface area contributed by atoms with Crippen LogP contribution in [0.4, 0.5) is 0 Å². The summed E-state index contributed by atoms with van der Waals surface area (Å²) in [5, 5.41) is 6.21. The molecule has 0 aromatic heterocycles. The molecular formula is C14H26N2O3S. The summed E-state index contributed by atoms with van der Waals surface area (Å²) >= 11 is 0. The van der Waals surface area contributed by atoms with Crippen LogP contribution >= 0.6 is 0 Å². The first-order chi connectivity index (χ1) is 9.21. The number of sulfone groups is 1. The summed E-state index contributed by atoms with van der Waals surface area (Å²) in [5.41, 5.74) is 0. The Morgan fingerprint density at radius 3 is 2.55 bits per heavy atom. The van der Waals surface area contributed by atoms with Crippen molar-refractivity contribution in [2.45, 2.75) is 62.8 Å². The molecule has 0 unspecified atom stereocenters. The first-order valence-corrected chi connectivity index (χ1v) is 9.33. The largest absolute Gasteiger partial charge is 0.353 e. The fourth-order valence-electron chi connectivity index (χ4n) is 3.08. The monoisotopic (exact) mass is 302 g/mol. The summed E-state index contributed by atoms with van der Waals surface area (Å²) in [6.45, 7) is 3.45. The number of rotatable bonds is 4. The molecule has 3 atom stereocenters. The zero-order chi connectivity index (χ0) is 15.0. The van der Waals surface area contributed by atoms with Gasteiger partial charge in [0.15, 0.2) is 9.84 Å². The third-order valence-electron chi connectivity index (χ3n) is 4.87. The highest BCUT2D eigenvalue weighted by atomic mass is 32.2. The topological polar surface area (TPSA) is 75.3 Å². The molecule has 0 bridgehead atoms. The minimum Gasteiger partial charge on any atom is -0.353 e. The number of hydrogen-bond acceptors (Lipinski definition) is 4. The van der Waals surface area contributed by atoms with Gasteiger partial charge in [0, 0.05) is 18.8 Å². The van der Waals surface area contributed by atoms with Crippen LogP contribution in [0, 0.1) is 5.92 Å². The third kappa shape index (κ3) is 3.34. The lowest BCUT2D eigenvalue weighted by molar-refractivity contribution is -0.123. The first-order valence-electron chi connectivity index (χ1n) is 7.44. The predicted molar refractivity (Wildman–Crippen MR) is 79.2 cm³/mol. The van der Waals surface area contributed by atoms with Crippen LogP contribution < -0.4 is 10.6 Å². The lowest BCUT2D eigenvalue weighted by Gasteiger charge is -2.24. The summed E-state index contributed by atoms with van der Waals surface area (Å²) in [6, 6.07) is 0.320. The molecule has 2 aliphatic rings. The molecule has 1 saturated heterocycles. The standard InChI is InChI=1S/C14H26N2O3S/c1-14(2,20(3,18)19)9-15-13(17)12-8-10-6-4-5-7-11(10)16-12/h10-12,16H,4-9H2,1-3H3,(H,15,17)/t10-,11+,12-/m0/s1. The maximum Gasteiger partial charge on any atom is 0.237 e. The van der Waals surface area contributed by atoms with Crippen LogP contribution in [-0.2, 0) is 14.6 Å². The van der Waals surface area contributed by atoms with E-state index >= 15 is 0 Å². The molecule has 2 rings (SSSR count). The van der Waals surface area contributed by atoms with Crippen molar-refractivity contribution in [3.63, 3.8) is 0 Å². The number of fused-ring (bicyclic) bond motifs is 1. The molecule has 1 amide bonds. The van der Waals surface area contributed by atoms with Crippen LogP contribution in [0.15, 0.2) is 0 Å². The second-order valence-corrected chi connectivity index (χ2v) is 9.51. The van der Waals surface area contributed by atoms with E-state index in [4.69, 9.17) is 0 Å². The minimum atomic E-state index is -3.18. The summed E-state index contributed by atoms with van der Waals surface area (Å²) in [7, 11) is -3.18. The van der Waals surface area contributed by atoms with Gasteiger partial charge in [0.1, 0.15) is 0 Å². The Morgan fingerprint density at radius 1 is 1.30 bits per heavy atom. The highest BCUT2D eigenvalue weighted by Gasteiger charge is 2.39. The summed E-state index contributed by atoms with van der Waals surface area (Å²) in [6.07, 6.45) is 6.96. The van der Waals surface area contributed by atoms with Gasteiger partial charge in [-0.2, -0.15) is 0 Å². The fourth-order valence-corrected chi connectivity index (χ4v) is 3.41. The van der Waals surface area contributed by atoms with E-state index in [1.54, 1.807) is 13.8 Å². The van der Waals surface area contributed by atoms with Crippen molar-refractivity contribution in [3.8, 4) is 0 Å². The fraction of sp³-hybridized carbons (Fsp3) is 0.929. The van der Waals surface area contributed by atoms with Gasteiger partial charge in [-0.15, -0.1) is 0 Å². The molecule has 1 heterocycles. The Hall–Kier alpha value is -0.620. The van der Waals surface area contributed by atoms with Gasteiger partial charge in [-0.05, 0) is 39.0 Å². The van der Waals surface area contributed by atoms with Crippen molar-refractivity contribution in [2.24, 2.45) is 5.92 Å². The maximum atomic E-state index is 12.2. The van der Waals surface area contributed by atoms with E-state index in [0.717, 1.165) is 12.8 Å². The lowest BCUT2D eigenvalue weighted by atomic mass is 9.85. The van der Waals surface area contributed by atoms with E-state index in [1.807, 2.05) is 0 Å². The molecular weight excluding hydrogens is 276 g/mol. The van der Waals surface area contributed by atoms with Crippen LogP contribution in [0.5, 0.6) is 0 Å². The molecule has 116 valence electrons. The van der Waals surface area contributed by atoms with Crippen molar-refractivity contribution in [1.29, 1.82) is 0 Å². The van der Waals surface area contributed by atoms with Gasteiger partial charge in [0.2, 0.25) is 5.91 Å². The second-order valence-electron chi connectivity index (χ2n) is 6.86. The minimum absolute atomic E-state index is 0.0591. The van der Waals surface area contributed by atoms with Gasteiger partial charge >= 0.3 is 0 Å². The van der Waals surface area contributed by atoms with Crippen LogP contribution in [0.1, 0.15) is 46.0 Å². The Bertz CT molecular complexity index is 459. The molecule has 0 radical (unpaired) electrons. The van der Waals surface area contributed by atoms with Gasteiger partial charge in [0.05, 0.1) is 10.8 Å². The zero-order valence-corrected chi connectivity index (χ0v) is 13.4. The van der Waals surface area contributed by atoms with Crippen molar-refractivity contribution in [3.05, 3.63) is 0 Å². The Balaban J connectivity index is 1.87. The number of hydrogen-bond donors (Lipinski definition) is 2. The van der Waals surface area contributed by atoms with Gasteiger partial charge in [-0.25, -0.2) is 8.42 Å². The predicted octanol–water partition coefficient (Wildman–Crippen LogP) is 0.847.